The number of methoxy groups -OCH3 is 2. The second-order valence-electron chi connectivity index (χ2n) is 7.68. The van der Waals surface area contributed by atoms with E-state index in [1.807, 2.05) is 6.07 Å². The first-order valence-corrected chi connectivity index (χ1v) is 9.67. The molecule has 0 saturated carbocycles. The number of H-pyrrole nitrogens is 1. The van der Waals surface area contributed by atoms with Crippen molar-refractivity contribution in [3.8, 4) is 23.0 Å². The fourth-order valence-electron chi connectivity index (χ4n) is 4.97. The van der Waals surface area contributed by atoms with E-state index in [1.54, 1.807) is 14.2 Å². The maximum absolute atomic E-state index is 5.65. The lowest BCUT2D eigenvalue weighted by atomic mass is 9.85. The van der Waals surface area contributed by atoms with Gasteiger partial charge in [-0.1, -0.05) is 0 Å². The summed E-state index contributed by atoms with van der Waals surface area (Å²) in [6.45, 7) is 2.30. The van der Waals surface area contributed by atoms with E-state index in [-0.39, 0.29) is 0 Å². The number of aromatic amines is 1. The van der Waals surface area contributed by atoms with Crippen LogP contribution in [0, 0.1) is 0 Å². The van der Waals surface area contributed by atoms with Gasteiger partial charge in [0.25, 0.3) is 0 Å². The molecule has 0 radical (unpaired) electrons. The molecule has 4 heterocycles. The van der Waals surface area contributed by atoms with Gasteiger partial charge in [0.15, 0.2) is 23.0 Å². The number of fused-ring (bicyclic) bond motifs is 7. The van der Waals surface area contributed by atoms with E-state index in [0.717, 1.165) is 54.4 Å². The third kappa shape index (κ3) is 2.18. The number of nitrogens with zero attached hydrogens (tertiary/aromatic N) is 1. The minimum atomic E-state index is 0.320. The summed E-state index contributed by atoms with van der Waals surface area (Å²) in [7, 11) is 3.36. The summed E-state index contributed by atoms with van der Waals surface area (Å²) < 4.78 is 22.2. The Morgan fingerprint density at radius 2 is 1.82 bits per heavy atom. The summed E-state index contributed by atoms with van der Waals surface area (Å²) in [5.41, 5.74) is 6.53. The van der Waals surface area contributed by atoms with Crippen LogP contribution in [0.2, 0.25) is 0 Å². The van der Waals surface area contributed by atoms with Gasteiger partial charge in [-0.15, -0.1) is 0 Å². The van der Waals surface area contributed by atoms with E-state index < -0.39 is 0 Å². The van der Waals surface area contributed by atoms with Crippen molar-refractivity contribution in [1.29, 1.82) is 0 Å². The second kappa shape index (κ2) is 5.82. The Bertz CT molecular complexity index is 1100. The van der Waals surface area contributed by atoms with Gasteiger partial charge in [0.1, 0.15) is 0 Å². The van der Waals surface area contributed by atoms with Crippen LogP contribution in [-0.4, -0.2) is 37.4 Å². The number of nitrogens with one attached hydrogen (secondary N) is 1. The topological polar surface area (TPSA) is 56.0 Å². The number of ether oxygens (including phenoxy) is 4. The van der Waals surface area contributed by atoms with Gasteiger partial charge in [0.2, 0.25) is 6.79 Å². The molecule has 3 aliphatic heterocycles. The fourth-order valence-corrected chi connectivity index (χ4v) is 4.97. The molecule has 0 unspecified atom stereocenters. The van der Waals surface area contributed by atoms with Gasteiger partial charge in [0.05, 0.1) is 14.2 Å². The molecule has 1 N–H and O–H groups in total. The number of hydrogen-bond acceptors (Lipinski definition) is 5. The van der Waals surface area contributed by atoms with Crippen molar-refractivity contribution < 1.29 is 18.9 Å². The van der Waals surface area contributed by atoms with E-state index in [0.29, 0.717) is 12.8 Å². The predicted molar refractivity (Wildman–Crippen MR) is 105 cm³/mol. The molecule has 28 heavy (non-hydrogen) atoms. The lowest BCUT2D eigenvalue weighted by Gasteiger charge is -2.40. The monoisotopic (exact) mass is 378 g/mol. The smallest absolute Gasteiger partial charge is 0.231 e. The van der Waals surface area contributed by atoms with Crippen molar-refractivity contribution >= 4 is 10.9 Å². The third-order valence-electron chi connectivity index (χ3n) is 6.36. The molecule has 6 nitrogen and oxygen atoms in total. The molecule has 0 saturated heterocycles. The minimum Gasteiger partial charge on any atom is -0.493 e. The van der Waals surface area contributed by atoms with Crippen LogP contribution < -0.4 is 18.9 Å². The highest BCUT2D eigenvalue weighted by Gasteiger charge is 2.35. The van der Waals surface area contributed by atoms with Crippen LogP contribution in [0.5, 0.6) is 23.0 Å². The van der Waals surface area contributed by atoms with Gasteiger partial charge in [-0.3, -0.25) is 4.90 Å². The Hall–Kier alpha value is -2.86. The molecule has 6 rings (SSSR count). The lowest BCUT2D eigenvalue weighted by molar-refractivity contribution is 0.159. The van der Waals surface area contributed by atoms with E-state index >= 15 is 0 Å². The average molecular weight is 378 g/mol. The van der Waals surface area contributed by atoms with Gasteiger partial charge >= 0.3 is 0 Å². The van der Waals surface area contributed by atoms with Crippen LogP contribution in [0.25, 0.3) is 10.9 Å². The number of benzene rings is 2. The fraction of sp³-hybridized carbons (Fsp3) is 0.364. The molecule has 2 aromatic carbocycles. The Morgan fingerprint density at radius 3 is 2.64 bits per heavy atom. The quantitative estimate of drug-likeness (QED) is 0.739. The van der Waals surface area contributed by atoms with Crippen molar-refractivity contribution in [3.05, 3.63) is 46.6 Å². The van der Waals surface area contributed by atoms with Crippen LogP contribution in [0.1, 0.15) is 28.4 Å². The van der Waals surface area contributed by atoms with E-state index in [1.165, 1.54) is 27.8 Å². The van der Waals surface area contributed by atoms with Crippen LogP contribution in [-0.2, 0) is 19.4 Å². The van der Waals surface area contributed by atoms with Crippen LogP contribution >= 0.6 is 0 Å². The van der Waals surface area contributed by atoms with Gasteiger partial charge in [-0.25, -0.2) is 0 Å². The predicted octanol–water partition coefficient (Wildman–Crippen LogP) is 3.57. The van der Waals surface area contributed by atoms with Gasteiger partial charge in [0, 0.05) is 41.8 Å². The molecule has 6 heteroatoms. The lowest BCUT2D eigenvalue weighted by Crippen LogP contribution is -2.39. The minimum absolute atomic E-state index is 0.320. The third-order valence-corrected chi connectivity index (χ3v) is 6.36. The maximum Gasteiger partial charge on any atom is 0.231 e. The molecule has 0 fully saturated rings. The van der Waals surface area contributed by atoms with E-state index in [9.17, 15) is 0 Å². The molecule has 3 aliphatic rings. The van der Waals surface area contributed by atoms with Gasteiger partial charge in [-0.2, -0.15) is 0 Å². The highest BCUT2D eigenvalue weighted by molar-refractivity contribution is 5.88. The number of hydrogen-bond donors (Lipinski definition) is 1. The largest absolute Gasteiger partial charge is 0.493 e. The molecule has 0 spiro atoms. The molecule has 1 aromatic heterocycles. The van der Waals surface area contributed by atoms with Crippen molar-refractivity contribution in [2.75, 3.05) is 27.6 Å². The first kappa shape index (κ1) is 16.1. The molecule has 0 amide bonds. The molecular weight excluding hydrogens is 356 g/mol. The molecular formula is C22H22N2O4. The van der Waals surface area contributed by atoms with Gasteiger partial charge < -0.3 is 23.9 Å². The van der Waals surface area contributed by atoms with Crippen molar-refractivity contribution in [2.24, 2.45) is 0 Å². The van der Waals surface area contributed by atoms with Crippen LogP contribution in [0.4, 0.5) is 0 Å². The van der Waals surface area contributed by atoms with Crippen molar-refractivity contribution in [2.45, 2.75) is 25.4 Å². The Morgan fingerprint density at radius 1 is 1.04 bits per heavy atom. The Kier molecular flexibility index (Phi) is 3.35. The zero-order valence-electron chi connectivity index (χ0n) is 16.0. The summed E-state index contributed by atoms with van der Waals surface area (Å²) in [5.74, 6) is 3.28. The number of rotatable bonds is 2. The van der Waals surface area contributed by atoms with Crippen LogP contribution in [0.15, 0.2) is 24.3 Å². The molecule has 3 aromatic rings. The number of aromatic nitrogens is 1. The summed E-state index contributed by atoms with van der Waals surface area (Å²) in [6.07, 6.45) is 2.01. The zero-order valence-corrected chi connectivity index (χ0v) is 16.0. The van der Waals surface area contributed by atoms with Gasteiger partial charge in [-0.05, 0) is 47.7 Å². The maximum atomic E-state index is 5.65. The SMILES string of the molecule is COc1cc2[nH]c3c(c2cc1OC)C[C@H]1c2cc4c(cc2CCN1C3)OCO4. The standard InChI is InChI=1S/C22H22N2O4/c1-25-19-8-15-14-6-18-13-7-22-21(27-11-28-22)5-12(13)3-4-24(18)10-17(14)23-16(15)9-20(19)26-2/h5,7-9,18,23H,3-4,6,10-11H2,1-2H3/t18-/m0/s1. The van der Waals surface area contributed by atoms with Crippen molar-refractivity contribution in [1.82, 2.24) is 9.88 Å². The van der Waals surface area contributed by atoms with Crippen LogP contribution in [0.3, 0.4) is 0 Å². The van der Waals surface area contributed by atoms with E-state index in [2.05, 4.69) is 28.1 Å². The summed E-state index contributed by atoms with van der Waals surface area (Å²) >= 11 is 0. The Labute approximate surface area is 162 Å². The van der Waals surface area contributed by atoms with E-state index in [4.69, 9.17) is 18.9 Å². The summed E-state index contributed by atoms with van der Waals surface area (Å²) in [5, 5.41) is 1.22. The highest BCUT2D eigenvalue weighted by atomic mass is 16.7. The molecule has 144 valence electrons. The Balaban J connectivity index is 1.46. The molecule has 0 bridgehead atoms. The normalized spacial score (nSPS) is 19.9. The molecule has 1 atom stereocenters. The van der Waals surface area contributed by atoms with Crippen molar-refractivity contribution in [3.63, 3.8) is 0 Å². The zero-order chi connectivity index (χ0) is 18.8. The molecule has 0 aliphatic carbocycles. The first-order chi connectivity index (χ1) is 13.7. The first-order valence-electron chi connectivity index (χ1n) is 9.67. The average Bonchev–Trinajstić information content (AvgIpc) is 3.32. The highest BCUT2D eigenvalue weighted by Crippen LogP contribution is 2.45. The summed E-state index contributed by atoms with van der Waals surface area (Å²) in [4.78, 5) is 6.19. The second-order valence-corrected chi connectivity index (χ2v) is 7.68. The summed E-state index contributed by atoms with van der Waals surface area (Å²) in [6, 6.07) is 8.86.